The van der Waals surface area contributed by atoms with Crippen molar-refractivity contribution in [1.82, 2.24) is 10.2 Å². The highest BCUT2D eigenvalue weighted by atomic mass is 16.5. The number of hydrogen-bond donors (Lipinski definition) is 1. The molecule has 1 fully saturated rings. The van der Waals surface area contributed by atoms with Crippen LogP contribution in [0.25, 0.3) is 0 Å². The van der Waals surface area contributed by atoms with Crippen molar-refractivity contribution in [3.63, 3.8) is 0 Å². The molecule has 0 amide bonds. The van der Waals surface area contributed by atoms with E-state index in [1.165, 1.54) is 32.4 Å². The average Bonchev–Trinajstić information content (AvgIpc) is 2.34. The maximum atomic E-state index is 5.59. The molecule has 0 saturated carbocycles. The molecule has 3 nitrogen and oxygen atoms in total. The van der Waals surface area contributed by atoms with Crippen LogP contribution in [0.4, 0.5) is 0 Å². The minimum absolute atomic E-state index is 0.735. The van der Waals surface area contributed by atoms with Gasteiger partial charge in [0.05, 0.1) is 6.61 Å². The Morgan fingerprint density at radius 1 is 1.19 bits per heavy atom. The standard InChI is InChI=1S/C13H28N2O/c1-3-8-15(9-11-16-10-4-2)13-6-5-7-14-12-13/h13-14H,3-12H2,1-2H3. The van der Waals surface area contributed by atoms with Crippen LogP contribution >= 0.6 is 0 Å². The van der Waals surface area contributed by atoms with Crippen LogP contribution < -0.4 is 5.32 Å². The fraction of sp³-hybridized carbons (Fsp3) is 1.00. The first-order valence-electron chi connectivity index (χ1n) is 6.91. The van der Waals surface area contributed by atoms with Crippen LogP contribution in [-0.2, 0) is 4.74 Å². The molecule has 96 valence electrons. The Labute approximate surface area is 101 Å². The second-order valence-corrected chi connectivity index (χ2v) is 4.65. The second kappa shape index (κ2) is 8.97. The summed E-state index contributed by atoms with van der Waals surface area (Å²) in [6.45, 7) is 10.9. The zero-order valence-corrected chi connectivity index (χ0v) is 11.0. The largest absolute Gasteiger partial charge is 0.380 e. The van der Waals surface area contributed by atoms with Gasteiger partial charge in [0.25, 0.3) is 0 Å². The first-order valence-corrected chi connectivity index (χ1v) is 6.91. The number of hydrogen-bond acceptors (Lipinski definition) is 3. The third-order valence-corrected chi connectivity index (χ3v) is 3.17. The summed E-state index contributed by atoms with van der Waals surface area (Å²) in [5.41, 5.74) is 0. The molecular weight excluding hydrogens is 200 g/mol. The fourth-order valence-electron chi connectivity index (χ4n) is 2.34. The van der Waals surface area contributed by atoms with Gasteiger partial charge in [-0.2, -0.15) is 0 Å². The van der Waals surface area contributed by atoms with Crippen molar-refractivity contribution in [3.8, 4) is 0 Å². The van der Waals surface area contributed by atoms with Gasteiger partial charge in [0, 0.05) is 25.7 Å². The Hall–Kier alpha value is -0.120. The van der Waals surface area contributed by atoms with Gasteiger partial charge in [0.15, 0.2) is 0 Å². The lowest BCUT2D eigenvalue weighted by molar-refractivity contribution is 0.0798. The highest BCUT2D eigenvalue weighted by Crippen LogP contribution is 2.10. The molecule has 0 aromatic rings. The molecule has 1 rings (SSSR count). The zero-order chi connectivity index (χ0) is 11.6. The molecule has 0 bridgehead atoms. The number of nitrogens with zero attached hydrogens (tertiary/aromatic N) is 1. The van der Waals surface area contributed by atoms with Crippen LogP contribution in [-0.4, -0.2) is 50.3 Å². The molecule has 0 spiro atoms. The topological polar surface area (TPSA) is 24.5 Å². The van der Waals surface area contributed by atoms with Crippen molar-refractivity contribution in [2.24, 2.45) is 0 Å². The van der Waals surface area contributed by atoms with E-state index in [4.69, 9.17) is 4.74 Å². The highest BCUT2D eigenvalue weighted by molar-refractivity contribution is 4.78. The summed E-state index contributed by atoms with van der Waals surface area (Å²) < 4.78 is 5.59. The van der Waals surface area contributed by atoms with Crippen molar-refractivity contribution in [3.05, 3.63) is 0 Å². The van der Waals surface area contributed by atoms with E-state index in [2.05, 4.69) is 24.1 Å². The molecule has 0 aliphatic carbocycles. The summed E-state index contributed by atoms with van der Waals surface area (Å²) in [6, 6.07) is 0.735. The summed E-state index contributed by atoms with van der Waals surface area (Å²) in [4.78, 5) is 2.60. The smallest absolute Gasteiger partial charge is 0.0593 e. The summed E-state index contributed by atoms with van der Waals surface area (Å²) >= 11 is 0. The van der Waals surface area contributed by atoms with Crippen molar-refractivity contribution in [1.29, 1.82) is 0 Å². The predicted octanol–water partition coefficient (Wildman–Crippen LogP) is 1.88. The second-order valence-electron chi connectivity index (χ2n) is 4.65. The van der Waals surface area contributed by atoms with E-state index >= 15 is 0 Å². The van der Waals surface area contributed by atoms with Gasteiger partial charge in [-0.05, 0) is 38.8 Å². The van der Waals surface area contributed by atoms with Crippen molar-refractivity contribution < 1.29 is 4.74 Å². The van der Waals surface area contributed by atoms with Crippen molar-refractivity contribution in [2.75, 3.05) is 39.4 Å². The molecule has 3 heteroatoms. The number of piperidine rings is 1. The van der Waals surface area contributed by atoms with Crippen LogP contribution in [0.2, 0.25) is 0 Å². The monoisotopic (exact) mass is 228 g/mol. The van der Waals surface area contributed by atoms with Crippen molar-refractivity contribution >= 4 is 0 Å². The van der Waals surface area contributed by atoms with Gasteiger partial charge in [-0.3, -0.25) is 4.90 Å². The number of rotatable bonds is 8. The Balaban J connectivity index is 2.22. The Bertz CT molecular complexity index is 158. The molecule has 0 aromatic carbocycles. The van der Waals surface area contributed by atoms with E-state index in [1.807, 2.05) is 0 Å². The van der Waals surface area contributed by atoms with Crippen molar-refractivity contribution in [2.45, 2.75) is 45.6 Å². The first-order chi connectivity index (χ1) is 7.88. The van der Waals surface area contributed by atoms with E-state index in [1.54, 1.807) is 0 Å². The van der Waals surface area contributed by atoms with Crippen LogP contribution in [0.15, 0.2) is 0 Å². The predicted molar refractivity (Wildman–Crippen MR) is 68.9 cm³/mol. The van der Waals surface area contributed by atoms with Gasteiger partial charge >= 0.3 is 0 Å². The molecule has 1 heterocycles. The minimum atomic E-state index is 0.735. The molecule has 1 aliphatic heterocycles. The quantitative estimate of drug-likeness (QED) is 0.642. The lowest BCUT2D eigenvalue weighted by Crippen LogP contribution is -2.47. The molecule has 1 unspecified atom stereocenters. The van der Waals surface area contributed by atoms with E-state index in [0.29, 0.717) is 0 Å². The number of ether oxygens (including phenoxy) is 1. The minimum Gasteiger partial charge on any atom is -0.380 e. The maximum Gasteiger partial charge on any atom is 0.0593 e. The molecule has 1 saturated heterocycles. The molecular formula is C13H28N2O. The highest BCUT2D eigenvalue weighted by Gasteiger charge is 2.19. The summed E-state index contributed by atoms with van der Waals surface area (Å²) in [7, 11) is 0. The normalized spacial score (nSPS) is 21.6. The molecule has 1 atom stereocenters. The van der Waals surface area contributed by atoms with Crippen LogP contribution in [0, 0.1) is 0 Å². The molecule has 0 aromatic heterocycles. The fourth-order valence-corrected chi connectivity index (χ4v) is 2.34. The van der Waals surface area contributed by atoms with E-state index < -0.39 is 0 Å². The van der Waals surface area contributed by atoms with Crippen LogP contribution in [0.1, 0.15) is 39.5 Å². The zero-order valence-electron chi connectivity index (χ0n) is 11.0. The Morgan fingerprint density at radius 3 is 2.69 bits per heavy atom. The average molecular weight is 228 g/mol. The summed E-state index contributed by atoms with van der Waals surface area (Å²) in [6.07, 6.45) is 5.03. The maximum absolute atomic E-state index is 5.59. The number of nitrogens with one attached hydrogen (secondary N) is 1. The Kier molecular flexibility index (Phi) is 7.81. The Morgan fingerprint density at radius 2 is 2.06 bits per heavy atom. The van der Waals surface area contributed by atoms with E-state index in [0.717, 1.165) is 38.8 Å². The molecule has 1 N–H and O–H groups in total. The third kappa shape index (κ3) is 5.28. The lowest BCUT2D eigenvalue weighted by Gasteiger charge is -2.34. The van der Waals surface area contributed by atoms with Gasteiger partial charge in [-0.25, -0.2) is 0 Å². The van der Waals surface area contributed by atoms with Gasteiger partial charge in [-0.15, -0.1) is 0 Å². The molecule has 0 radical (unpaired) electrons. The van der Waals surface area contributed by atoms with E-state index in [-0.39, 0.29) is 0 Å². The third-order valence-electron chi connectivity index (χ3n) is 3.17. The van der Waals surface area contributed by atoms with Gasteiger partial charge in [0.2, 0.25) is 0 Å². The van der Waals surface area contributed by atoms with Gasteiger partial charge < -0.3 is 10.1 Å². The van der Waals surface area contributed by atoms with E-state index in [9.17, 15) is 0 Å². The summed E-state index contributed by atoms with van der Waals surface area (Å²) in [5.74, 6) is 0. The van der Waals surface area contributed by atoms with Gasteiger partial charge in [-0.1, -0.05) is 13.8 Å². The molecule has 16 heavy (non-hydrogen) atoms. The lowest BCUT2D eigenvalue weighted by atomic mass is 10.1. The van der Waals surface area contributed by atoms with Crippen LogP contribution in [0.3, 0.4) is 0 Å². The van der Waals surface area contributed by atoms with Crippen LogP contribution in [0.5, 0.6) is 0 Å². The SMILES string of the molecule is CCCOCCN(CCC)C1CCCNC1. The molecule has 1 aliphatic rings. The first kappa shape index (κ1) is 13.9. The summed E-state index contributed by atoms with van der Waals surface area (Å²) in [5, 5.41) is 3.49. The van der Waals surface area contributed by atoms with Gasteiger partial charge in [0.1, 0.15) is 0 Å².